The molecule has 0 aliphatic carbocycles. The maximum atomic E-state index is 12.1. The van der Waals surface area contributed by atoms with Crippen molar-refractivity contribution in [1.29, 1.82) is 0 Å². The Morgan fingerprint density at radius 3 is 1.88 bits per heavy atom. The molecular formula is C23H44NO9P. The highest BCUT2D eigenvalue weighted by molar-refractivity contribution is 7.46. The Balaban J connectivity index is 4.11. The van der Waals surface area contributed by atoms with Crippen molar-refractivity contribution in [2.24, 2.45) is 0 Å². The number of carbonyl (C=O) groups excluding carboxylic acids is 3. The van der Waals surface area contributed by atoms with Crippen LogP contribution in [0.4, 0.5) is 0 Å². The van der Waals surface area contributed by atoms with Gasteiger partial charge in [0.2, 0.25) is 5.91 Å². The molecule has 0 unspecified atom stereocenters. The first-order valence-corrected chi connectivity index (χ1v) is 14.0. The van der Waals surface area contributed by atoms with Crippen LogP contribution in [-0.2, 0) is 32.9 Å². The quantitative estimate of drug-likeness (QED) is 0.111. The van der Waals surface area contributed by atoms with Crippen molar-refractivity contribution >= 4 is 25.7 Å². The van der Waals surface area contributed by atoms with E-state index in [0.29, 0.717) is 19.4 Å². The Morgan fingerprint density at radius 1 is 0.794 bits per heavy atom. The molecule has 0 aromatic heterocycles. The molecule has 0 aliphatic rings. The summed E-state index contributed by atoms with van der Waals surface area (Å²) in [5.41, 5.74) is 0. The van der Waals surface area contributed by atoms with E-state index in [0.717, 1.165) is 64.2 Å². The lowest BCUT2D eigenvalue weighted by atomic mass is 10.1. The largest absolute Gasteiger partial charge is 0.469 e. The molecule has 1 atom stereocenters. The molecule has 0 spiro atoms. The van der Waals surface area contributed by atoms with Gasteiger partial charge < -0.3 is 24.6 Å². The molecule has 11 heteroatoms. The highest BCUT2D eigenvalue weighted by Crippen LogP contribution is 2.35. The third-order valence-electron chi connectivity index (χ3n) is 5.07. The minimum absolute atomic E-state index is 0.0263. The highest BCUT2D eigenvalue weighted by Gasteiger charge is 2.22. The monoisotopic (exact) mass is 509 g/mol. The van der Waals surface area contributed by atoms with Crippen LogP contribution in [0.5, 0.6) is 0 Å². The van der Waals surface area contributed by atoms with Crippen LogP contribution < -0.4 is 5.32 Å². The number of amides is 1. The summed E-state index contributed by atoms with van der Waals surface area (Å²) in [5, 5.41) is 2.75. The van der Waals surface area contributed by atoms with Crippen molar-refractivity contribution in [2.45, 2.75) is 110 Å². The normalized spacial score (nSPS) is 12.2. The number of hydrogen-bond acceptors (Lipinski definition) is 7. The van der Waals surface area contributed by atoms with Gasteiger partial charge in [0.05, 0.1) is 6.61 Å². The van der Waals surface area contributed by atoms with Crippen LogP contribution in [0.25, 0.3) is 0 Å². The van der Waals surface area contributed by atoms with Gasteiger partial charge in [0.25, 0.3) is 0 Å². The molecule has 0 aromatic carbocycles. The first-order valence-electron chi connectivity index (χ1n) is 12.4. The topological polar surface area (TPSA) is 148 Å². The number of nitrogens with one attached hydrogen (secondary N) is 1. The fraction of sp³-hybridized carbons (Fsp3) is 0.870. The number of phosphoric acid groups is 1. The number of phosphoric ester groups is 1. The van der Waals surface area contributed by atoms with Crippen molar-refractivity contribution in [2.75, 3.05) is 19.8 Å². The molecule has 0 aromatic rings. The van der Waals surface area contributed by atoms with Crippen LogP contribution in [-0.4, -0.2) is 53.5 Å². The molecule has 0 saturated carbocycles. The smallest absolute Gasteiger partial charge is 0.462 e. The van der Waals surface area contributed by atoms with Crippen molar-refractivity contribution in [3.63, 3.8) is 0 Å². The first kappa shape index (κ1) is 32.5. The second-order valence-corrected chi connectivity index (χ2v) is 9.69. The fourth-order valence-electron chi connectivity index (χ4n) is 3.21. The van der Waals surface area contributed by atoms with Gasteiger partial charge in [-0.2, -0.15) is 0 Å². The number of unbranched alkanes of at least 4 members (excludes halogenated alkanes) is 10. The molecule has 0 rings (SSSR count). The zero-order valence-corrected chi connectivity index (χ0v) is 21.7. The van der Waals surface area contributed by atoms with E-state index in [1.54, 1.807) is 0 Å². The second kappa shape index (κ2) is 20.9. The molecule has 0 saturated heterocycles. The van der Waals surface area contributed by atoms with E-state index in [1.807, 2.05) is 0 Å². The van der Waals surface area contributed by atoms with Crippen LogP contribution in [0.15, 0.2) is 0 Å². The molecule has 0 radical (unpaired) electrons. The van der Waals surface area contributed by atoms with Gasteiger partial charge in [-0.3, -0.25) is 18.9 Å². The minimum atomic E-state index is -4.74. The van der Waals surface area contributed by atoms with Gasteiger partial charge in [-0.1, -0.05) is 64.7 Å². The SMILES string of the molecule is CCCCCCCCC(=O)O[C@H](COC(=O)CCCCCCCCNC(C)=O)COP(=O)(O)O. The maximum Gasteiger partial charge on any atom is 0.469 e. The minimum Gasteiger partial charge on any atom is -0.462 e. The van der Waals surface area contributed by atoms with Crippen LogP contribution in [0.2, 0.25) is 0 Å². The van der Waals surface area contributed by atoms with Crippen LogP contribution in [0.3, 0.4) is 0 Å². The Kier molecular flexibility index (Phi) is 19.9. The Morgan fingerprint density at radius 2 is 1.32 bits per heavy atom. The lowest BCUT2D eigenvalue weighted by Crippen LogP contribution is -2.29. The molecule has 34 heavy (non-hydrogen) atoms. The molecule has 0 bridgehead atoms. The van der Waals surface area contributed by atoms with Gasteiger partial charge >= 0.3 is 19.8 Å². The third-order valence-corrected chi connectivity index (χ3v) is 5.56. The summed E-state index contributed by atoms with van der Waals surface area (Å²) in [6.45, 7) is 3.43. The Labute approximate surface area is 203 Å². The van der Waals surface area contributed by atoms with Gasteiger partial charge in [-0.05, 0) is 19.3 Å². The van der Waals surface area contributed by atoms with Crippen LogP contribution >= 0.6 is 7.82 Å². The summed E-state index contributed by atoms with van der Waals surface area (Å²) in [6, 6.07) is 0. The van der Waals surface area contributed by atoms with Gasteiger partial charge in [0.1, 0.15) is 6.61 Å². The molecule has 0 fully saturated rings. The zero-order valence-electron chi connectivity index (χ0n) is 20.8. The Bertz CT molecular complexity index is 609. The first-order chi connectivity index (χ1) is 16.1. The van der Waals surface area contributed by atoms with E-state index < -0.39 is 32.5 Å². The van der Waals surface area contributed by atoms with Gasteiger partial charge in [-0.15, -0.1) is 0 Å². The molecular weight excluding hydrogens is 465 g/mol. The number of rotatable bonds is 22. The lowest BCUT2D eigenvalue weighted by Gasteiger charge is -2.18. The number of ether oxygens (including phenoxy) is 2. The number of carbonyl (C=O) groups is 3. The lowest BCUT2D eigenvalue weighted by molar-refractivity contribution is -0.161. The molecule has 200 valence electrons. The molecule has 0 heterocycles. The van der Waals surface area contributed by atoms with Gasteiger partial charge in [0.15, 0.2) is 6.10 Å². The standard InChI is InChI=1S/C23H44NO9P/c1-3-4-5-6-9-13-16-23(27)33-21(19-32-34(28,29)30)18-31-22(26)15-12-10-7-8-11-14-17-24-20(2)25/h21H,3-19H2,1-2H3,(H,24,25)(H2,28,29,30)/t21-/m1/s1. The van der Waals surface area contributed by atoms with E-state index in [1.165, 1.54) is 6.92 Å². The summed E-state index contributed by atoms with van der Waals surface area (Å²) in [6.07, 6.45) is 10.8. The second-order valence-electron chi connectivity index (χ2n) is 8.45. The number of esters is 2. The molecule has 10 nitrogen and oxygen atoms in total. The summed E-state index contributed by atoms with van der Waals surface area (Å²) in [7, 11) is -4.74. The van der Waals surface area contributed by atoms with Gasteiger partial charge in [0, 0.05) is 26.3 Å². The number of hydrogen-bond donors (Lipinski definition) is 3. The Hall–Kier alpha value is -1.48. The fourth-order valence-corrected chi connectivity index (χ4v) is 3.58. The maximum absolute atomic E-state index is 12.1. The van der Waals surface area contributed by atoms with Crippen LogP contribution in [0, 0.1) is 0 Å². The van der Waals surface area contributed by atoms with Crippen molar-refractivity contribution in [1.82, 2.24) is 5.32 Å². The van der Waals surface area contributed by atoms with Crippen molar-refractivity contribution < 1.29 is 42.7 Å². The van der Waals surface area contributed by atoms with E-state index in [2.05, 4.69) is 16.8 Å². The van der Waals surface area contributed by atoms with E-state index >= 15 is 0 Å². The highest BCUT2D eigenvalue weighted by atomic mass is 31.2. The van der Waals surface area contributed by atoms with E-state index in [-0.39, 0.29) is 25.4 Å². The summed E-state index contributed by atoms with van der Waals surface area (Å²) in [5.74, 6) is -0.996. The van der Waals surface area contributed by atoms with Gasteiger partial charge in [-0.25, -0.2) is 4.57 Å². The van der Waals surface area contributed by atoms with Crippen molar-refractivity contribution in [3.05, 3.63) is 0 Å². The molecule has 3 N–H and O–H groups in total. The van der Waals surface area contributed by atoms with E-state index in [9.17, 15) is 18.9 Å². The third kappa shape index (κ3) is 23.7. The average molecular weight is 510 g/mol. The average Bonchev–Trinajstić information content (AvgIpc) is 2.76. The zero-order chi connectivity index (χ0) is 25.7. The summed E-state index contributed by atoms with van der Waals surface area (Å²) >= 11 is 0. The summed E-state index contributed by atoms with van der Waals surface area (Å²) < 4.78 is 25.8. The van der Waals surface area contributed by atoms with E-state index in [4.69, 9.17) is 19.3 Å². The molecule has 1 amide bonds. The predicted octanol–water partition coefficient (Wildman–Crippen LogP) is 4.17. The van der Waals surface area contributed by atoms with Crippen molar-refractivity contribution in [3.8, 4) is 0 Å². The predicted molar refractivity (Wildman–Crippen MR) is 128 cm³/mol. The molecule has 0 aliphatic heterocycles. The summed E-state index contributed by atoms with van der Waals surface area (Å²) in [4.78, 5) is 52.6. The van der Waals surface area contributed by atoms with Crippen LogP contribution in [0.1, 0.15) is 104 Å².